The van der Waals surface area contributed by atoms with Gasteiger partial charge in [0.05, 0.1) is 0 Å². The van der Waals surface area contributed by atoms with Crippen molar-refractivity contribution in [3.63, 3.8) is 0 Å². The minimum atomic E-state index is 0.505. The maximum absolute atomic E-state index is 5.75. The van der Waals surface area contributed by atoms with Crippen LogP contribution < -0.4 is 5.32 Å². The minimum absolute atomic E-state index is 0.505. The third-order valence-electron chi connectivity index (χ3n) is 5.14. The number of nitrogens with zero attached hydrogens (tertiary/aromatic N) is 1. The van der Waals surface area contributed by atoms with Gasteiger partial charge in [-0.25, -0.2) is 0 Å². The summed E-state index contributed by atoms with van der Waals surface area (Å²) >= 11 is 1.84. The first kappa shape index (κ1) is 16.3. The lowest BCUT2D eigenvalue weighted by atomic mass is 10.0. The summed E-state index contributed by atoms with van der Waals surface area (Å²) in [6.07, 6.45) is 0. The number of nitrogens with one attached hydrogen (secondary N) is 1. The van der Waals surface area contributed by atoms with E-state index in [-0.39, 0.29) is 0 Å². The van der Waals surface area contributed by atoms with Gasteiger partial charge >= 0.3 is 0 Å². The molecule has 0 spiro atoms. The van der Waals surface area contributed by atoms with Crippen LogP contribution in [0.25, 0.3) is 42.4 Å². The second-order valence-corrected chi connectivity index (χ2v) is 8.08. The molecule has 4 aromatic carbocycles. The number of para-hydroxylation sites is 2. The molecule has 0 aliphatic rings. The zero-order chi connectivity index (χ0) is 19.2. The molecule has 6 rings (SSSR count). The minimum Gasteiger partial charge on any atom is -0.423 e. The zero-order valence-corrected chi connectivity index (χ0v) is 16.2. The lowest BCUT2D eigenvalue weighted by molar-refractivity contribution is 0.623. The molecule has 4 heteroatoms. The van der Waals surface area contributed by atoms with E-state index in [4.69, 9.17) is 4.42 Å². The van der Waals surface area contributed by atoms with Gasteiger partial charge in [-0.1, -0.05) is 48.5 Å². The van der Waals surface area contributed by atoms with Crippen molar-refractivity contribution in [3.8, 4) is 11.1 Å². The van der Waals surface area contributed by atoms with Crippen LogP contribution in [0.1, 0.15) is 0 Å². The summed E-state index contributed by atoms with van der Waals surface area (Å²) in [5.74, 6) is 0. The maximum Gasteiger partial charge on any atom is 0.300 e. The molecule has 3 nitrogen and oxygen atoms in total. The highest BCUT2D eigenvalue weighted by Gasteiger charge is 2.08. The molecule has 0 saturated heterocycles. The van der Waals surface area contributed by atoms with Crippen LogP contribution in [-0.4, -0.2) is 4.98 Å². The molecule has 0 radical (unpaired) electrons. The molecule has 29 heavy (non-hydrogen) atoms. The molecule has 2 heterocycles. The molecule has 2 aromatic heterocycles. The lowest BCUT2D eigenvalue weighted by Crippen LogP contribution is -1.89. The second kappa shape index (κ2) is 6.47. The van der Waals surface area contributed by atoms with Crippen molar-refractivity contribution in [1.29, 1.82) is 0 Å². The van der Waals surface area contributed by atoms with Gasteiger partial charge in [-0.05, 0) is 53.6 Å². The quantitative estimate of drug-likeness (QED) is 0.337. The van der Waals surface area contributed by atoms with Crippen molar-refractivity contribution < 1.29 is 4.42 Å². The third kappa shape index (κ3) is 2.85. The van der Waals surface area contributed by atoms with Gasteiger partial charge in [0, 0.05) is 25.9 Å². The molecule has 0 unspecified atom stereocenters. The molecule has 6 aromatic rings. The smallest absolute Gasteiger partial charge is 0.300 e. The standard InChI is InChI=1S/C25H16N2OS/c1-4-8-23-19(5-1)20-15-17(11-14-24(20)29-23)16-9-12-18(13-10-16)26-25-27-21-6-2-3-7-22(21)28-25/h1-15H,(H,26,27). The molecular formula is C25H16N2OS. The average molecular weight is 392 g/mol. The largest absolute Gasteiger partial charge is 0.423 e. The van der Waals surface area contributed by atoms with Gasteiger partial charge in [0.2, 0.25) is 0 Å². The Hall–Kier alpha value is -3.63. The van der Waals surface area contributed by atoms with Crippen LogP contribution in [0.4, 0.5) is 11.7 Å². The van der Waals surface area contributed by atoms with E-state index in [0.29, 0.717) is 6.01 Å². The molecule has 0 aliphatic carbocycles. The predicted octanol–water partition coefficient (Wildman–Crippen LogP) is 7.61. The molecule has 0 saturated carbocycles. The first-order valence-corrected chi connectivity index (χ1v) is 10.3. The molecule has 0 bridgehead atoms. The Bertz CT molecular complexity index is 1440. The van der Waals surface area contributed by atoms with Crippen LogP contribution in [0.2, 0.25) is 0 Å². The van der Waals surface area contributed by atoms with Crippen LogP contribution in [0.15, 0.2) is 95.4 Å². The maximum atomic E-state index is 5.75. The van der Waals surface area contributed by atoms with E-state index in [1.165, 1.54) is 31.3 Å². The third-order valence-corrected chi connectivity index (χ3v) is 6.29. The first-order chi connectivity index (χ1) is 14.3. The van der Waals surface area contributed by atoms with Gasteiger partial charge in [-0.3, -0.25) is 0 Å². The average Bonchev–Trinajstić information content (AvgIpc) is 3.34. The van der Waals surface area contributed by atoms with Crippen molar-refractivity contribution in [2.24, 2.45) is 0 Å². The fraction of sp³-hybridized carbons (Fsp3) is 0. The van der Waals surface area contributed by atoms with Crippen molar-refractivity contribution >= 4 is 54.3 Å². The van der Waals surface area contributed by atoms with Gasteiger partial charge < -0.3 is 9.73 Å². The first-order valence-electron chi connectivity index (χ1n) is 9.48. The Kier molecular flexibility index (Phi) is 3.64. The summed E-state index contributed by atoms with van der Waals surface area (Å²) in [4.78, 5) is 4.47. The van der Waals surface area contributed by atoms with Gasteiger partial charge in [0.1, 0.15) is 5.52 Å². The van der Waals surface area contributed by atoms with E-state index in [0.717, 1.165) is 16.8 Å². The van der Waals surface area contributed by atoms with Crippen molar-refractivity contribution in [3.05, 3.63) is 91.0 Å². The molecule has 0 atom stereocenters. The summed E-state index contributed by atoms with van der Waals surface area (Å²) in [5, 5.41) is 5.88. The SMILES string of the molecule is c1ccc2oc(Nc3ccc(-c4ccc5sc6ccccc6c5c4)cc3)nc2c1. The van der Waals surface area contributed by atoms with E-state index < -0.39 is 0 Å². The second-order valence-electron chi connectivity index (χ2n) is 7.00. The normalized spacial score (nSPS) is 11.4. The highest BCUT2D eigenvalue weighted by atomic mass is 32.1. The fourth-order valence-corrected chi connectivity index (χ4v) is 4.79. The van der Waals surface area contributed by atoms with Crippen molar-refractivity contribution in [2.75, 3.05) is 5.32 Å². The molecule has 0 amide bonds. The van der Waals surface area contributed by atoms with Crippen LogP contribution in [0, 0.1) is 0 Å². The van der Waals surface area contributed by atoms with Crippen LogP contribution in [-0.2, 0) is 0 Å². The number of benzene rings is 4. The number of fused-ring (bicyclic) bond motifs is 4. The number of anilines is 2. The summed E-state index contributed by atoms with van der Waals surface area (Å²) < 4.78 is 8.40. The molecular weight excluding hydrogens is 376 g/mol. The monoisotopic (exact) mass is 392 g/mol. The molecule has 1 N–H and O–H groups in total. The molecule has 138 valence electrons. The van der Waals surface area contributed by atoms with Crippen LogP contribution in [0.5, 0.6) is 0 Å². The van der Waals surface area contributed by atoms with Crippen LogP contribution in [0.3, 0.4) is 0 Å². The van der Waals surface area contributed by atoms with Crippen LogP contribution >= 0.6 is 11.3 Å². The number of hydrogen-bond acceptors (Lipinski definition) is 4. The van der Waals surface area contributed by atoms with Gasteiger partial charge in [-0.15, -0.1) is 11.3 Å². The Labute approximate surface area is 171 Å². The number of thiophene rings is 1. The highest BCUT2D eigenvalue weighted by molar-refractivity contribution is 7.25. The Morgan fingerprint density at radius 1 is 0.690 bits per heavy atom. The fourth-order valence-electron chi connectivity index (χ4n) is 3.70. The van der Waals surface area contributed by atoms with Crippen molar-refractivity contribution in [2.45, 2.75) is 0 Å². The topological polar surface area (TPSA) is 38.1 Å². The molecule has 0 fully saturated rings. The number of rotatable bonds is 3. The Morgan fingerprint density at radius 3 is 2.34 bits per heavy atom. The van der Waals surface area contributed by atoms with E-state index in [2.05, 4.69) is 77.0 Å². The van der Waals surface area contributed by atoms with Gasteiger partial charge in [0.15, 0.2) is 5.58 Å². The zero-order valence-electron chi connectivity index (χ0n) is 15.4. The molecule has 0 aliphatic heterocycles. The van der Waals surface area contributed by atoms with Gasteiger partial charge in [0.25, 0.3) is 6.01 Å². The lowest BCUT2D eigenvalue weighted by Gasteiger charge is -2.05. The number of oxazole rings is 1. The Morgan fingerprint density at radius 2 is 1.45 bits per heavy atom. The Balaban J connectivity index is 1.32. The number of hydrogen-bond donors (Lipinski definition) is 1. The summed E-state index contributed by atoms with van der Waals surface area (Å²) in [5.41, 5.74) is 4.98. The summed E-state index contributed by atoms with van der Waals surface area (Å²) in [6.45, 7) is 0. The van der Waals surface area contributed by atoms with E-state index in [9.17, 15) is 0 Å². The van der Waals surface area contributed by atoms with Gasteiger partial charge in [-0.2, -0.15) is 4.98 Å². The van der Waals surface area contributed by atoms with Crippen molar-refractivity contribution in [1.82, 2.24) is 4.98 Å². The summed E-state index contributed by atoms with van der Waals surface area (Å²) in [7, 11) is 0. The number of aromatic nitrogens is 1. The van der Waals surface area contributed by atoms with E-state index >= 15 is 0 Å². The predicted molar refractivity (Wildman–Crippen MR) is 122 cm³/mol. The van der Waals surface area contributed by atoms with E-state index in [1.807, 2.05) is 35.6 Å². The highest BCUT2D eigenvalue weighted by Crippen LogP contribution is 2.36. The summed E-state index contributed by atoms with van der Waals surface area (Å²) in [6, 6.07) is 31.9. The van der Waals surface area contributed by atoms with E-state index in [1.54, 1.807) is 0 Å².